The summed E-state index contributed by atoms with van der Waals surface area (Å²) in [5.41, 5.74) is 1.45. The number of fused-ring (bicyclic) bond motifs is 1. The van der Waals surface area contributed by atoms with Gasteiger partial charge in [-0.1, -0.05) is 13.8 Å². The molecular weight excluding hydrogens is 178 g/mol. The lowest BCUT2D eigenvalue weighted by Gasteiger charge is -2.04. The predicted octanol–water partition coefficient (Wildman–Crippen LogP) is 1.44. The van der Waals surface area contributed by atoms with Crippen LogP contribution in [-0.2, 0) is 0 Å². The van der Waals surface area contributed by atoms with Crippen LogP contribution in [0.15, 0.2) is 23.3 Å². The fourth-order valence-electron chi connectivity index (χ4n) is 1.28. The van der Waals surface area contributed by atoms with E-state index in [9.17, 15) is 4.79 Å². The van der Waals surface area contributed by atoms with Gasteiger partial charge < -0.3 is 4.98 Å². The van der Waals surface area contributed by atoms with E-state index in [0.717, 1.165) is 16.6 Å². The Kier molecular flexibility index (Phi) is 2.04. The second-order valence-corrected chi connectivity index (χ2v) is 3.54. The number of pyridine rings is 1. The van der Waals surface area contributed by atoms with Crippen molar-refractivity contribution < 1.29 is 0 Å². The van der Waals surface area contributed by atoms with E-state index in [2.05, 4.69) is 28.8 Å². The summed E-state index contributed by atoms with van der Waals surface area (Å²) in [7, 11) is 0. The van der Waals surface area contributed by atoms with Gasteiger partial charge in [-0.15, -0.1) is 0 Å². The third-order valence-corrected chi connectivity index (χ3v) is 2.11. The highest BCUT2D eigenvalue weighted by Gasteiger charge is 2.02. The number of H-pyrrole nitrogens is 1. The Morgan fingerprint density at radius 2 is 2.00 bits per heavy atom. The monoisotopic (exact) mass is 189 g/mol. The van der Waals surface area contributed by atoms with Crippen LogP contribution in [0.4, 0.5) is 0 Å². The van der Waals surface area contributed by atoms with Crippen molar-refractivity contribution in [1.29, 1.82) is 0 Å². The number of aromatic amines is 1. The van der Waals surface area contributed by atoms with Gasteiger partial charge in [0, 0.05) is 23.5 Å². The van der Waals surface area contributed by atoms with E-state index in [1.807, 2.05) is 6.07 Å². The van der Waals surface area contributed by atoms with Crippen LogP contribution in [0.2, 0.25) is 0 Å². The quantitative estimate of drug-likeness (QED) is 0.738. The van der Waals surface area contributed by atoms with Crippen LogP contribution in [0, 0.1) is 0 Å². The molecule has 0 spiro atoms. The van der Waals surface area contributed by atoms with E-state index in [4.69, 9.17) is 0 Å². The van der Waals surface area contributed by atoms with Crippen LogP contribution in [0.25, 0.3) is 10.9 Å². The fourth-order valence-corrected chi connectivity index (χ4v) is 1.28. The summed E-state index contributed by atoms with van der Waals surface area (Å²) in [6, 6.07) is 1.89. The number of hydrogen-bond donors (Lipinski definition) is 1. The maximum atomic E-state index is 11.0. The normalized spacial score (nSPS) is 11.1. The van der Waals surface area contributed by atoms with E-state index in [-0.39, 0.29) is 5.69 Å². The Hall–Kier alpha value is -1.71. The van der Waals surface area contributed by atoms with Crippen LogP contribution in [-0.4, -0.2) is 15.0 Å². The summed E-state index contributed by atoms with van der Waals surface area (Å²) < 4.78 is 0. The minimum atomic E-state index is -0.321. The van der Waals surface area contributed by atoms with E-state index < -0.39 is 0 Å². The average Bonchev–Trinajstić information content (AvgIpc) is 2.16. The van der Waals surface area contributed by atoms with Crippen molar-refractivity contribution in [3.8, 4) is 0 Å². The third kappa shape index (κ3) is 1.51. The first-order valence-corrected chi connectivity index (χ1v) is 4.52. The summed E-state index contributed by atoms with van der Waals surface area (Å²) in [6.07, 6.45) is 3.26. The standard InChI is InChI=1S/C10H11N3O/c1-6(2)8-3-9-7(4-11-8)5-12-10(14)13-9/h3-6H,1-2H3,(H,12,13,14). The maximum absolute atomic E-state index is 11.0. The molecule has 0 bridgehead atoms. The van der Waals surface area contributed by atoms with Gasteiger partial charge in [-0.3, -0.25) is 4.98 Å². The highest BCUT2D eigenvalue weighted by Crippen LogP contribution is 2.15. The van der Waals surface area contributed by atoms with E-state index in [1.165, 1.54) is 6.20 Å². The molecule has 0 fully saturated rings. The Labute approximate surface area is 81.0 Å². The second-order valence-electron chi connectivity index (χ2n) is 3.54. The molecule has 0 amide bonds. The van der Waals surface area contributed by atoms with Crippen LogP contribution < -0.4 is 5.69 Å². The van der Waals surface area contributed by atoms with Crippen molar-refractivity contribution in [2.24, 2.45) is 0 Å². The van der Waals surface area contributed by atoms with E-state index in [1.54, 1.807) is 6.20 Å². The number of rotatable bonds is 1. The summed E-state index contributed by atoms with van der Waals surface area (Å²) >= 11 is 0. The molecule has 0 radical (unpaired) electrons. The zero-order valence-electron chi connectivity index (χ0n) is 8.11. The van der Waals surface area contributed by atoms with Gasteiger partial charge in [0.2, 0.25) is 0 Å². The molecule has 2 aromatic heterocycles. The molecule has 72 valence electrons. The average molecular weight is 189 g/mol. The van der Waals surface area contributed by atoms with Gasteiger partial charge in [-0.2, -0.15) is 0 Å². The minimum absolute atomic E-state index is 0.321. The summed E-state index contributed by atoms with van der Waals surface area (Å²) in [6.45, 7) is 4.13. The van der Waals surface area contributed by atoms with Crippen LogP contribution in [0.5, 0.6) is 0 Å². The Morgan fingerprint density at radius 1 is 1.29 bits per heavy atom. The molecule has 14 heavy (non-hydrogen) atoms. The molecule has 0 aliphatic carbocycles. The lowest BCUT2D eigenvalue weighted by atomic mass is 10.1. The number of aromatic nitrogens is 3. The molecule has 2 heterocycles. The molecular formula is C10H11N3O. The third-order valence-electron chi connectivity index (χ3n) is 2.11. The van der Waals surface area contributed by atoms with Crippen molar-refractivity contribution in [2.75, 3.05) is 0 Å². The molecule has 0 aromatic carbocycles. The van der Waals surface area contributed by atoms with Gasteiger partial charge >= 0.3 is 5.69 Å². The molecule has 0 unspecified atom stereocenters. The first-order chi connectivity index (χ1) is 6.66. The SMILES string of the molecule is CC(C)c1cc2[nH]c(=O)ncc2cn1. The highest BCUT2D eigenvalue weighted by atomic mass is 16.1. The molecule has 4 nitrogen and oxygen atoms in total. The number of hydrogen-bond acceptors (Lipinski definition) is 3. The van der Waals surface area contributed by atoms with Crippen molar-refractivity contribution in [1.82, 2.24) is 15.0 Å². The van der Waals surface area contributed by atoms with Gasteiger partial charge in [-0.25, -0.2) is 9.78 Å². The summed E-state index contributed by atoms with van der Waals surface area (Å²) in [4.78, 5) is 21.6. The van der Waals surface area contributed by atoms with E-state index >= 15 is 0 Å². The highest BCUT2D eigenvalue weighted by molar-refractivity contribution is 5.76. The Bertz CT molecular complexity index is 516. The zero-order chi connectivity index (χ0) is 10.1. The molecule has 2 aromatic rings. The number of nitrogens with one attached hydrogen (secondary N) is 1. The van der Waals surface area contributed by atoms with E-state index in [0.29, 0.717) is 5.92 Å². The van der Waals surface area contributed by atoms with Gasteiger partial charge in [-0.05, 0) is 12.0 Å². The van der Waals surface area contributed by atoms with Crippen LogP contribution in [0.1, 0.15) is 25.5 Å². The zero-order valence-corrected chi connectivity index (χ0v) is 8.11. The lowest BCUT2D eigenvalue weighted by Crippen LogP contribution is -2.09. The molecule has 0 saturated heterocycles. The minimum Gasteiger partial charge on any atom is -0.305 e. The second kappa shape index (κ2) is 3.21. The smallest absolute Gasteiger partial charge is 0.305 e. The molecule has 0 aliphatic heterocycles. The van der Waals surface area contributed by atoms with Gasteiger partial charge in [0.05, 0.1) is 5.52 Å². The lowest BCUT2D eigenvalue weighted by molar-refractivity contribution is 0.825. The topological polar surface area (TPSA) is 58.6 Å². The van der Waals surface area contributed by atoms with Crippen molar-refractivity contribution in [3.63, 3.8) is 0 Å². The van der Waals surface area contributed by atoms with Gasteiger partial charge in [0.1, 0.15) is 0 Å². The van der Waals surface area contributed by atoms with Crippen molar-refractivity contribution in [2.45, 2.75) is 19.8 Å². The molecule has 0 aliphatic rings. The molecule has 2 rings (SSSR count). The largest absolute Gasteiger partial charge is 0.345 e. The number of nitrogens with zero attached hydrogens (tertiary/aromatic N) is 2. The molecule has 1 N–H and O–H groups in total. The molecule has 4 heteroatoms. The van der Waals surface area contributed by atoms with Gasteiger partial charge in [0.25, 0.3) is 0 Å². The summed E-state index contributed by atoms with van der Waals surface area (Å²) in [5.74, 6) is 0.357. The Morgan fingerprint density at radius 3 is 2.71 bits per heavy atom. The molecule has 0 saturated carbocycles. The molecule has 0 atom stereocenters. The fraction of sp³-hybridized carbons (Fsp3) is 0.300. The maximum Gasteiger partial charge on any atom is 0.345 e. The first-order valence-electron chi connectivity index (χ1n) is 4.52. The van der Waals surface area contributed by atoms with Crippen molar-refractivity contribution >= 4 is 10.9 Å². The van der Waals surface area contributed by atoms with Crippen molar-refractivity contribution in [3.05, 3.63) is 34.6 Å². The Balaban J connectivity index is 2.69. The van der Waals surface area contributed by atoms with Crippen LogP contribution >= 0.6 is 0 Å². The predicted molar refractivity (Wildman–Crippen MR) is 54.2 cm³/mol. The first kappa shape index (κ1) is 8.87. The van der Waals surface area contributed by atoms with Crippen LogP contribution in [0.3, 0.4) is 0 Å². The van der Waals surface area contributed by atoms with Gasteiger partial charge in [0.15, 0.2) is 0 Å². The summed E-state index contributed by atoms with van der Waals surface area (Å²) in [5, 5.41) is 0.856.